The molecule has 0 aliphatic rings. The van der Waals surface area contributed by atoms with Crippen molar-refractivity contribution in [3.63, 3.8) is 0 Å². The Bertz CT molecular complexity index is 6390. The van der Waals surface area contributed by atoms with Crippen molar-refractivity contribution in [3.05, 3.63) is 340 Å². The molecule has 4 heterocycles. The van der Waals surface area contributed by atoms with Crippen LogP contribution >= 0.6 is 0 Å². The van der Waals surface area contributed by atoms with Crippen LogP contribution in [0.4, 0.5) is 0 Å². The highest BCUT2D eigenvalue weighted by Gasteiger charge is 2.20. The standard InChI is InChI=1S/C48H30N2.C40H26N2/c1-3-12-34-27-38(22-17-31(34)9-1)49-44-16-8-7-15-41(44)42-29-36(20-24-45(42)49)37-21-25-46-43(30-37)48-40-14-6-5-11-33(40)19-26-47(48)50(46)39-23-18-32-10-2-4-13-35(32)28-39;1-2-12-31(13-3-1)41-37-16-8-6-14-33(37)35-25-29(19-22-39(35)41)30-20-23-40-36(26-30)34-15-7-9-17-38(34)42(40)32-21-18-27-10-4-5-11-28(27)24-32/h1-30H;1-26H. The molecule has 0 unspecified atom stereocenters. The van der Waals surface area contributed by atoms with Crippen molar-refractivity contribution in [2.75, 3.05) is 0 Å². The van der Waals surface area contributed by atoms with Gasteiger partial charge in [0.25, 0.3) is 0 Å². The lowest BCUT2D eigenvalue weighted by Gasteiger charge is -2.11. The van der Waals surface area contributed by atoms with Crippen molar-refractivity contribution in [3.8, 4) is 45.0 Å². The quantitative estimate of drug-likeness (QED) is 0.158. The lowest BCUT2D eigenvalue weighted by Crippen LogP contribution is -1.94. The third kappa shape index (κ3) is 8.17. The van der Waals surface area contributed by atoms with Crippen LogP contribution in [0.2, 0.25) is 0 Å². The molecule has 428 valence electrons. The number of fused-ring (bicyclic) bond motifs is 17. The molecule has 0 N–H and O–H groups in total. The van der Waals surface area contributed by atoms with Gasteiger partial charge in [0.05, 0.1) is 44.1 Å². The van der Waals surface area contributed by atoms with Crippen LogP contribution in [0, 0.1) is 0 Å². The van der Waals surface area contributed by atoms with Crippen LogP contribution in [0.3, 0.4) is 0 Å². The molecular weight excluding hydrogens is 1110 g/mol. The number of nitrogens with zero attached hydrogens (tertiary/aromatic N) is 4. The number of aromatic nitrogens is 4. The van der Waals surface area contributed by atoms with Crippen LogP contribution in [0.15, 0.2) is 340 Å². The molecule has 0 atom stereocenters. The predicted molar refractivity (Wildman–Crippen MR) is 391 cm³/mol. The normalized spacial score (nSPS) is 11.9. The van der Waals surface area contributed by atoms with E-state index in [4.69, 9.17) is 0 Å². The van der Waals surface area contributed by atoms with Gasteiger partial charge in [0, 0.05) is 65.8 Å². The van der Waals surface area contributed by atoms with E-state index in [1.807, 2.05) is 0 Å². The van der Waals surface area contributed by atoms with Gasteiger partial charge in [-0.1, -0.05) is 218 Å². The van der Waals surface area contributed by atoms with E-state index < -0.39 is 0 Å². The second-order valence-corrected chi connectivity index (χ2v) is 24.4. The molecule has 20 rings (SSSR count). The molecule has 0 fully saturated rings. The van der Waals surface area contributed by atoms with Gasteiger partial charge in [-0.15, -0.1) is 0 Å². The third-order valence-corrected chi connectivity index (χ3v) is 19.3. The van der Waals surface area contributed by atoms with Crippen molar-refractivity contribution in [2.45, 2.75) is 0 Å². The summed E-state index contributed by atoms with van der Waals surface area (Å²) in [4.78, 5) is 0. The molecule has 0 spiro atoms. The van der Waals surface area contributed by atoms with Crippen molar-refractivity contribution >= 4 is 130 Å². The minimum atomic E-state index is 1.18. The number of rotatable bonds is 6. The second kappa shape index (κ2) is 20.7. The largest absolute Gasteiger partial charge is 0.309 e. The minimum Gasteiger partial charge on any atom is -0.309 e. The van der Waals surface area contributed by atoms with E-state index in [9.17, 15) is 0 Å². The molecule has 0 saturated heterocycles. The highest BCUT2D eigenvalue weighted by molar-refractivity contribution is 6.22. The summed E-state index contributed by atoms with van der Waals surface area (Å²) in [5.74, 6) is 0. The molecule has 92 heavy (non-hydrogen) atoms. The maximum atomic E-state index is 2.44. The van der Waals surface area contributed by atoms with Crippen molar-refractivity contribution in [1.29, 1.82) is 0 Å². The zero-order valence-corrected chi connectivity index (χ0v) is 50.1. The van der Waals surface area contributed by atoms with E-state index in [1.165, 1.54) is 175 Å². The maximum Gasteiger partial charge on any atom is 0.0547 e. The predicted octanol–water partition coefficient (Wildman–Crippen LogP) is 23.7. The number of hydrogen-bond donors (Lipinski definition) is 0. The Balaban J connectivity index is 0.000000134. The van der Waals surface area contributed by atoms with Gasteiger partial charge < -0.3 is 18.3 Å². The van der Waals surface area contributed by atoms with E-state index in [-0.39, 0.29) is 0 Å². The summed E-state index contributed by atoms with van der Waals surface area (Å²) in [6.07, 6.45) is 0. The first kappa shape index (κ1) is 51.8. The minimum absolute atomic E-state index is 1.18. The summed E-state index contributed by atoms with van der Waals surface area (Å²) < 4.78 is 9.62. The van der Waals surface area contributed by atoms with Gasteiger partial charge in [-0.3, -0.25) is 0 Å². The molecule has 4 nitrogen and oxygen atoms in total. The first-order valence-corrected chi connectivity index (χ1v) is 31.7. The summed E-state index contributed by atoms with van der Waals surface area (Å²) in [6, 6.07) is 124. The summed E-state index contributed by atoms with van der Waals surface area (Å²) in [5.41, 5.74) is 19.4. The summed E-state index contributed by atoms with van der Waals surface area (Å²) in [5, 5.41) is 20.2. The molecular formula is C88H56N4. The van der Waals surface area contributed by atoms with Gasteiger partial charge in [-0.05, 0) is 187 Å². The van der Waals surface area contributed by atoms with Crippen molar-refractivity contribution < 1.29 is 0 Å². The summed E-state index contributed by atoms with van der Waals surface area (Å²) in [6.45, 7) is 0. The Morgan fingerprint density at radius 2 is 0.424 bits per heavy atom. The van der Waals surface area contributed by atoms with Crippen LogP contribution in [-0.4, -0.2) is 18.3 Å². The first-order valence-electron chi connectivity index (χ1n) is 31.7. The van der Waals surface area contributed by atoms with Gasteiger partial charge in [0.15, 0.2) is 0 Å². The number of benzene rings is 16. The number of hydrogen-bond acceptors (Lipinski definition) is 0. The van der Waals surface area contributed by atoms with Gasteiger partial charge in [0.1, 0.15) is 0 Å². The van der Waals surface area contributed by atoms with Crippen molar-refractivity contribution in [2.24, 2.45) is 0 Å². The fourth-order valence-electron chi connectivity index (χ4n) is 15.1. The Hall–Kier alpha value is -12.2. The molecule has 4 aromatic heterocycles. The van der Waals surface area contributed by atoms with Crippen LogP contribution in [0.25, 0.3) is 175 Å². The van der Waals surface area contributed by atoms with E-state index in [0.717, 1.165) is 0 Å². The van der Waals surface area contributed by atoms with E-state index in [0.29, 0.717) is 0 Å². The smallest absolute Gasteiger partial charge is 0.0547 e. The van der Waals surface area contributed by atoms with Gasteiger partial charge >= 0.3 is 0 Å². The average Bonchev–Trinajstić information content (AvgIpc) is 1.60. The molecule has 20 aromatic rings. The maximum absolute atomic E-state index is 2.44. The molecule has 0 aliphatic heterocycles. The van der Waals surface area contributed by atoms with Crippen LogP contribution in [-0.2, 0) is 0 Å². The Kier molecular flexibility index (Phi) is 11.6. The van der Waals surface area contributed by atoms with E-state index in [1.54, 1.807) is 0 Å². The Morgan fingerprint density at radius 3 is 0.848 bits per heavy atom. The Labute approximate surface area is 530 Å². The molecule has 0 aliphatic carbocycles. The highest BCUT2D eigenvalue weighted by Crippen LogP contribution is 2.43. The molecule has 0 amide bonds. The Morgan fingerprint density at radius 1 is 0.141 bits per heavy atom. The fraction of sp³-hybridized carbons (Fsp3) is 0. The monoisotopic (exact) mass is 1170 g/mol. The molecule has 0 bridgehead atoms. The molecule has 4 heteroatoms. The first-order chi connectivity index (χ1) is 45.6. The zero-order valence-electron chi connectivity index (χ0n) is 50.1. The van der Waals surface area contributed by atoms with Gasteiger partial charge in [0.2, 0.25) is 0 Å². The zero-order chi connectivity index (χ0) is 60.4. The lowest BCUT2D eigenvalue weighted by atomic mass is 9.99. The van der Waals surface area contributed by atoms with E-state index in [2.05, 4.69) is 358 Å². The van der Waals surface area contributed by atoms with Gasteiger partial charge in [-0.2, -0.15) is 0 Å². The highest BCUT2D eigenvalue weighted by atomic mass is 15.0. The van der Waals surface area contributed by atoms with E-state index >= 15 is 0 Å². The number of para-hydroxylation sites is 4. The second-order valence-electron chi connectivity index (χ2n) is 24.4. The van der Waals surface area contributed by atoms with Crippen LogP contribution in [0.1, 0.15) is 0 Å². The fourth-order valence-corrected chi connectivity index (χ4v) is 15.1. The summed E-state index contributed by atoms with van der Waals surface area (Å²) >= 11 is 0. The van der Waals surface area contributed by atoms with Crippen molar-refractivity contribution in [1.82, 2.24) is 18.3 Å². The topological polar surface area (TPSA) is 19.7 Å². The van der Waals surface area contributed by atoms with Crippen LogP contribution in [0.5, 0.6) is 0 Å². The SMILES string of the molecule is c1ccc(-n2c3ccccc3c3cc(-c4ccc5c(c4)c4ccccc4n5-c4ccc5ccccc5c4)ccc32)cc1.c1ccc2cc(-n3c4ccccc4c4cc(-c5ccc6c(c5)c5c7ccccc7ccc5n6-c5ccc6ccccc6c5)ccc43)ccc2c1. The molecule has 16 aromatic carbocycles. The molecule has 0 saturated carbocycles. The molecule has 0 radical (unpaired) electrons. The summed E-state index contributed by atoms with van der Waals surface area (Å²) in [7, 11) is 0. The third-order valence-electron chi connectivity index (χ3n) is 19.3. The lowest BCUT2D eigenvalue weighted by molar-refractivity contribution is 1.18. The van der Waals surface area contributed by atoms with Gasteiger partial charge in [-0.25, -0.2) is 0 Å². The average molecular weight is 1170 g/mol. The van der Waals surface area contributed by atoms with Crippen LogP contribution < -0.4 is 0 Å².